The lowest BCUT2D eigenvalue weighted by Crippen LogP contribution is -2.14. The fraction of sp³-hybridized carbons (Fsp3) is 0.0588. The first-order chi connectivity index (χ1) is 27.0. The minimum Gasteiger partial charge on any atom is -0.456 e. The summed E-state index contributed by atoms with van der Waals surface area (Å²) in [6, 6.07) is 62.3. The van der Waals surface area contributed by atoms with Crippen LogP contribution in [0, 0.1) is 0 Å². The maximum absolute atomic E-state index is 6.20. The lowest BCUT2D eigenvalue weighted by molar-refractivity contribution is 0.660. The molecule has 2 aromatic heterocycles. The molecule has 1 aliphatic carbocycles. The van der Waals surface area contributed by atoms with E-state index in [9.17, 15) is 0 Å². The zero-order valence-electron chi connectivity index (χ0n) is 30.4. The van der Waals surface area contributed by atoms with Gasteiger partial charge in [-0.3, -0.25) is 0 Å². The fourth-order valence-electron chi connectivity index (χ4n) is 9.35. The van der Waals surface area contributed by atoms with E-state index in [-0.39, 0.29) is 5.41 Å². The van der Waals surface area contributed by atoms with Gasteiger partial charge < -0.3 is 13.9 Å². The summed E-state index contributed by atoms with van der Waals surface area (Å²) in [5.74, 6) is 0. The molecule has 2 aliphatic rings. The van der Waals surface area contributed by atoms with Crippen LogP contribution in [0.5, 0.6) is 0 Å². The summed E-state index contributed by atoms with van der Waals surface area (Å²) in [5, 5.41) is 4.78. The van der Waals surface area contributed by atoms with Gasteiger partial charge in [0.15, 0.2) is 0 Å². The van der Waals surface area contributed by atoms with Crippen molar-refractivity contribution in [1.29, 1.82) is 0 Å². The molecule has 0 saturated carbocycles. The first-order valence-electron chi connectivity index (χ1n) is 18.9. The van der Waals surface area contributed by atoms with Gasteiger partial charge in [-0.25, -0.2) is 0 Å². The molecule has 0 N–H and O–H groups in total. The first-order valence-corrected chi connectivity index (χ1v) is 19.7. The van der Waals surface area contributed by atoms with E-state index < -0.39 is 0 Å². The van der Waals surface area contributed by atoms with Gasteiger partial charge in [0, 0.05) is 48.1 Å². The van der Waals surface area contributed by atoms with Gasteiger partial charge in [-0.05, 0) is 112 Å². The number of rotatable bonds is 3. The van der Waals surface area contributed by atoms with E-state index in [0.29, 0.717) is 0 Å². The Kier molecular flexibility index (Phi) is 6.33. The lowest BCUT2D eigenvalue weighted by Gasteiger charge is -2.33. The van der Waals surface area contributed by atoms with E-state index in [1.165, 1.54) is 82.0 Å². The van der Waals surface area contributed by atoms with Crippen molar-refractivity contribution in [3.63, 3.8) is 0 Å². The second kappa shape index (κ2) is 11.3. The molecule has 0 fully saturated rings. The van der Waals surface area contributed by atoms with E-state index in [4.69, 9.17) is 4.42 Å². The zero-order valence-corrected chi connectivity index (χ0v) is 31.2. The molecule has 1 aliphatic heterocycles. The zero-order chi connectivity index (χ0) is 36.4. The summed E-state index contributed by atoms with van der Waals surface area (Å²) in [4.78, 5) is 4.87. The van der Waals surface area contributed by atoms with Gasteiger partial charge >= 0.3 is 0 Å². The van der Waals surface area contributed by atoms with Gasteiger partial charge in [-0.15, -0.1) is 0 Å². The number of hydrogen-bond donors (Lipinski definition) is 0. The molecule has 0 bridgehead atoms. The normalized spacial score (nSPS) is 14.0. The molecule has 0 unspecified atom stereocenters. The third kappa shape index (κ3) is 4.40. The van der Waals surface area contributed by atoms with Crippen molar-refractivity contribution in [2.45, 2.75) is 29.1 Å². The number of nitrogens with zero attached hydrogens (tertiary/aromatic N) is 2. The van der Waals surface area contributed by atoms with Crippen molar-refractivity contribution in [3.05, 3.63) is 181 Å². The lowest BCUT2D eigenvalue weighted by atomic mass is 9.82. The van der Waals surface area contributed by atoms with Gasteiger partial charge in [-0.2, -0.15) is 0 Å². The number of anilines is 3. The molecular formula is C51H34N2OS. The van der Waals surface area contributed by atoms with Crippen LogP contribution in [0.1, 0.15) is 25.0 Å². The molecule has 3 nitrogen and oxygen atoms in total. The predicted octanol–water partition coefficient (Wildman–Crippen LogP) is 14.6. The highest BCUT2D eigenvalue weighted by Crippen LogP contribution is 2.53. The molecule has 8 aromatic carbocycles. The fourth-order valence-corrected chi connectivity index (χ4v) is 10.4. The molecule has 4 heteroatoms. The second-order valence-corrected chi connectivity index (χ2v) is 16.4. The molecule has 0 radical (unpaired) electrons. The molecular weight excluding hydrogens is 689 g/mol. The standard InChI is InChI=1S/C51H34N2OS/c1-51(2)41-14-6-3-11-35(41)38-29-33(21-23-42(38)51)52-43-15-7-4-12-36(43)39-27-31(19-24-44(39)52)32-20-25-46-50(28-32)55-49-18-10-8-16-45(49)53(46)34-22-26-48-40(30-34)37-13-5-9-17-47(37)54-48/h3-30H,1-2H3. The van der Waals surface area contributed by atoms with E-state index in [2.05, 4.69) is 181 Å². The van der Waals surface area contributed by atoms with Crippen LogP contribution in [0.3, 0.4) is 0 Å². The maximum atomic E-state index is 6.20. The van der Waals surface area contributed by atoms with Crippen molar-refractivity contribution in [2.75, 3.05) is 4.90 Å². The summed E-state index contributed by atoms with van der Waals surface area (Å²) in [6.07, 6.45) is 0. The smallest absolute Gasteiger partial charge is 0.135 e. The highest BCUT2D eigenvalue weighted by Gasteiger charge is 2.35. The Labute approximate surface area is 323 Å². The molecule has 12 rings (SSSR count). The Morgan fingerprint density at radius 3 is 2.09 bits per heavy atom. The molecule has 0 spiro atoms. The Balaban J connectivity index is 0.985. The molecule has 0 amide bonds. The molecule has 0 atom stereocenters. The second-order valence-electron chi connectivity index (χ2n) is 15.4. The summed E-state index contributed by atoms with van der Waals surface area (Å²) in [6.45, 7) is 4.69. The molecule has 3 heterocycles. The highest BCUT2D eigenvalue weighted by atomic mass is 32.2. The summed E-state index contributed by atoms with van der Waals surface area (Å²) in [5.41, 5.74) is 16.8. The van der Waals surface area contributed by atoms with Crippen LogP contribution in [-0.2, 0) is 5.41 Å². The van der Waals surface area contributed by atoms with Crippen LogP contribution in [0.4, 0.5) is 17.1 Å². The van der Waals surface area contributed by atoms with Gasteiger partial charge in [0.25, 0.3) is 0 Å². The van der Waals surface area contributed by atoms with E-state index in [1.54, 1.807) is 0 Å². The molecule has 10 aromatic rings. The number of fused-ring (bicyclic) bond motifs is 11. The van der Waals surface area contributed by atoms with Crippen molar-refractivity contribution in [1.82, 2.24) is 4.57 Å². The Morgan fingerprint density at radius 2 is 1.15 bits per heavy atom. The largest absolute Gasteiger partial charge is 0.456 e. The van der Waals surface area contributed by atoms with Crippen LogP contribution < -0.4 is 4.90 Å². The van der Waals surface area contributed by atoms with Gasteiger partial charge in [0.05, 0.1) is 22.4 Å². The van der Waals surface area contributed by atoms with Crippen molar-refractivity contribution in [2.24, 2.45) is 0 Å². The highest BCUT2D eigenvalue weighted by molar-refractivity contribution is 7.99. The van der Waals surface area contributed by atoms with Crippen molar-refractivity contribution < 1.29 is 4.42 Å². The number of aromatic nitrogens is 1. The maximum Gasteiger partial charge on any atom is 0.135 e. The predicted molar refractivity (Wildman–Crippen MR) is 230 cm³/mol. The van der Waals surface area contributed by atoms with E-state index >= 15 is 0 Å². The van der Waals surface area contributed by atoms with Crippen molar-refractivity contribution in [3.8, 4) is 27.9 Å². The average molecular weight is 723 g/mol. The Bertz CT molecular complexity index is 3240. The van der Waals surface area contributed by atoms with Crippen LogP contribution >= 0.6 is 11.8 Å². The third-order valence-electron chi connectivity index (χ3n) is 12.0. The first kappa shape index (κ1) is 30.9. The van der Waals surface area contributed by atoms with Crippen LogP contribution in [0.2, 0.25) is 0 Å². The van der Waals surface area contributed by atoms with Crippen LogP contribution in [0.15, 0.2) is 184 Å². The minimum atomic E-state index is -0.0191. The summed E-state index contributed by atoms with van der Waals surface area (Å²) < 4.78 is 8.64. The van der Waals surface area contributed by atoms with Gasteiger partial charge in [0.2, 0.25) is 0 Å². The molecule has 55 heavy (non-hydrogen) atoms. The average Bonchev–Trinajstić information content (AvgIpc) is 3.84. The number of hydrogen-bond acceptors (Lipinski definition) is 3. The SMILES string of the molecule is CC1(C)c2ccccc2-c2cc(-n3c4ccccc4c4cc(-c5ccc6c(c5)Sc5ccccc5N6c5ccc6oc7ccccc7c6c5)ccc43)ccc21. The topological polar surface area (TPSA) is 21.3 Å². The quantitative estimate of drug-likeness (QED) is 0.181. The summed E-state index contributed by atoms with van der Waals surface area (Å²) in [7, 11) is 0. The number of benzene rings is 8. The molecule has 260 valence electrons. The summed E-state index contributed by atoms with van der Waals surface area (Å²) >= 11 is 1.85. The Hall–Kier alpha value is -6.49. The van der Waals surface area contributed by atoms with Gasteiger partial charge in [0.1, 0.15) is 11.2 Å². The monoisotopic (exact) mass is 722 g/mol. The van der Waals surface area contributed by atoms with E-state index in [1.807, 2.05) is 23.9 Å². The van der Waals surface area contributed by atoms with Gasteiger partial charge in [-0.1, -0.05) is 117 Å². The number of para-hydroxylation sites is 3. The third-order valence-corrected chi connectivity index (χ3v) is 13.1. The Morgan fingerprint density at radius 1 is 0.455 bits per heavy atom. The van der Waals surface area contributed by atoms with E-state index in [0.717, 1.165) is 27.6 Å². The van der Waals surface area contributed by atoms with Crippen LogP contribution in [0.25, 0.3) is 71.7 Å². The molecule has 0 saturated heterocycles. The number of furan rings is 1. The minimum absolute atomic E-state index is 0.0191. The van der Waals surface area contributed by atoms with Crippen molar-refractivity contribution >= 4 is 72.6 Å². The van der Waals surface area contributed by atoms with Crippen LogP contribution in [-0.4, -0.2) is 4.57 Å².